The van der Waals surface area contributed by atoms with Gasteiger partial charge in [-0.25, -0.2) is 0 Å². The number of esters is 1. The van der Waals surface area contributed by atoms with E-state index in [1.165, 1.54) is 12.7 Å². The maximum atomic E-state index is 12.4. The average molecular weight is 491 g/mol. The van der Waals surface area contributed by atoms with Crippen LogP contribution in [0.1, 0.15) is 36.7 Å². The Balaban J connectivity index is 1.25. The highest BCUT2D eigenvalue weighted by Gasteiger charge is 2.51. The Labute approximate surface area is 211 Å². The second-order valence-electron chi connectivity index (χ2n) is 8.49. The number of fused-ring (bicyclic) bond motifs is 1. The number of aliphatic hydroxyl groups excluding tert-OH is 1. The Kier molecular flexibility index (Phi) is 9.52. The summed E-state index contributed by atoms with van der Waals surface area (Å²) >= 11 is 0. The van der Waals surface area contributed by atoms with Crippen LogP contribution in [-0.2, 0) is 34.9 Å². The summed E-state index contributed by atoms with van der Waals surface area (Å²) < 4.78 is 28.5. The monoisotopic (exact) mass is 490 g/mol. The van der Waals surface area contributed by atoms with E-state index in [0.717, 1.165) is 18.4 Å². The highest BCUT2D eigenvalue weighted by atomic mass is 16.8. The first-order valence-electron chi connectivity index (χ1n) is 12.0. The minimum Gasteiger partial charge on any atom is -0.454 e. The highest BCUT2D eigenvalue weighted by Crippen LogP contribution is 2.35. The van der Waals surface area contributed by atoms with Gasteiger partial charge in [0.2, 0.25) is 0 Å². The zero-order valence-electron chi connectivity index (χ0n) is 20.2. The molecular weight excluding hydrogens is 460 g/mol. The number of hydrogen-bond acceptors (Lipinski definition) is 7. The lowest BCUT2D eigenvalue weighted by Gasteiger charge is -2.46. The van der Waals surface area contributed by atoms with Crippen LogP contribution in [0.5, 0.6) is 0 Å². The van der Waals surface area contributed by atoms with Crippen LogP contribution in [0.2, 0.25) is 0 Å². The molecule has 0 radical (unpaired) electrons. The van der Waals surface area contributed by atoms with E-state index in [1.54, 1.807) is 0 Å². The van der Waals surface area contributed by atoms with Crippen molar-refractivity contribution < 1.29 is 33.6 Å². The molecule has 188 valence electrons. The molecule has 0 bridgehead atoms. The van der Waals surface area contributed by atoms with E-state index in [-0.39, 0.29) is 13.0 Å². The van der Waals surface area contributed by atoms with E-state index in [4.69, 9.17) is 23.7 Å². The van der Waals surface area contributed by atoms with Crippen molar-refractivity contribution in [3.05, 3.63) is 71.8 Å². The molecule has 0 aromatic heterocycles. The van der Waals surface area contributed by atoms with Gasteiger partial charge < -0.3 is 28.8 Å². The number of hydrogen-bond donors (Lipinski definition) is 1. The third-order valence-electron chi connectivity index (χ3n) is 5.96. The van der Waals surface area contributed by atoms with E-state index in [0.29, 0.717) is 6.42 Å². The molecule has 2 aliphatic heterocycles. The summed E-state index contributed by atoms with van der Waals surface area (Å²) in [5.41, 5.74) is 2.06. The zero-order chi connectivity index (χ0) is 25.2. The summed E-state index contributed by atoms with van der Waals surface area (Å²) in [6.07, 6.45) is -3.11. The van der Waals surface area contributed by atoms with Crippen molar-refractivity contribution >= 4 is 5.97 Å². The molecule has 0 unspecified atom stereocenters. The molecule has 2 fully saturated rings. The third kappa shape index (κ3) is 6.95. The van der Waals surface area contributed by atoms with Crippen molar-refractivity contribution in [3.63, 3.8) is 0 Å². The van der Waals surface area contributed by atoms with Crippen molar-refractivity contribution in [2.24, 2.45) is 0 Å². The van der Waals surface area contributed by atoms with E-state index in [9.17, 15) is 9.90 Å². The third-order valence-corrected chi connectivity index (χ3v) is 5.96. The molecule has 4 rings (SSSR count). The highest BCUT2D eigenvalue weighted by molar-refractivity contribution is 5.70. The molecule has 7 nitrogen and oxygen atoms in total. The number of benzene rings is 2. The first-order chi connectivity index (χ1) is 17.7. The SMILES string of the molecule is CO[C@H]1O[C@@H]2CO[C@@H](c3ccccc3)O[C@H]2[C@H](O)[C@H]1OC(=O)CCC#CC#CCCc1ccccc1. The largest absolute Gasteiger partial charge is 0.454 e. The number of methoxy groups -OCH3 is 1. The molecule has 36 heavy (non-hydrogen) atoms. The predicted molar refractivity (Wildman–Crippen MR) is 131 cm³/mol. The Morgan fingerprint density at radius 3 is 2.42 bits per heavy atom. The van der Waals surface area contributed by atoms with Gasteiger partial charge in [0.05, 0.1) is 13.0 Å². The first kappa shape index (κ1) is 25.9. The van der Waals surface area contributed by atoms with Crippen LogP contribution in [0, 0.1) is 23.7 Å². The first-order valence-corrected chi connectivity index (χ1v) is 12.0. The van der Waals surface area contributed by atoms with Gasteiger partial charge in [0.1, 0.15) is 18.3 Å². The molecule has 0 aliphatic carbocycles. The van der Waals surface area contributed by atoms with Crippen molar-refractivity contribution in [2.75, 3.05) is 13.7 Å². The predicted octanol–water partition coefficient (Wildman–Crippen LogP) is 3.16. The molecule has 2 aliphatic rings. The van der Waals surface area contributed by atoms with E-state index in [2.05, 4.69) is 35.8 Å². The van der Waals surface area contributed by atoms with Crippen LogP contribution < -0.4 is 0 Å². The van der Waals surface area contributed by atoms with Crippen molar-refractivity contribution in [1.29, 1.82) is 0 Å². The Morgan fingerprint density at radius 1 is 1.00 bits per heavy atom. The lowest BCUT2D eigenvalue weighted by Crippen LogP contribution is -2.63. The number of ether oxygens (including phenoxy) is 5. The van der Waals surface area contributed by atoms with Gasteiger partial charge in [0.15, 0.2) is 18.7 Å². The minimum atomic E-state index is -1.14. The second-order valence-corrected chi connectivity index (χ2v) is 8.49. The fourth-order valence-corrected chi connectivity index (χ4v) is 4.10. The summed E-state index contributed by atoms with van der Waals surface area (Å²) in [5.74, 6) is 10.9. The van der Waals surface area contributed by atoms with E-state index < -0.39 is 43.0 Å². The topological polar surface area (TPSA) is 83.5 Å². The van der Waals surface area contributed by atoms with Gasteiger partial charge >= 0.3 is 5.97 Å². The van der Waals surface area contributed by atoms with Gasteiger partial charge in [-0.1, -0.05) is 72.5 Å². The van der Waals surface area contributed by atoms with Crippen LogP contribution in [0.4, 0.5) is 0 Å². The normalized spacial score (nSPS) is 26.9. The molecule has 0 spiro atoms. The van der Waals surface area contributed by atoms with Gasteiger partial charge in [-0.2, -0.15) is 0 Å². The van der Waals surface area contributed by atoms with Crippen molar-refractivity contribution in [1.82, 2.24) is 0 Å². The molecule has 6 atom stereocenters. The van der Waals surface area contributed by atoms with Gasteiger partial charge in [-0.3, -0.25) is 4.79 Å². The smallest absolute Gasteiger partial charge is 0.307 e. The van der Waals surface area contributed by atoms with Crippen LogP contribution in [-0.4, -0.2) is 55.5 Å². The number of carbonyl (C=O) groups is 1. The molecular formula is C29H30O7. The van der Waals surface area contributed by atoms with Gasteiger partial charge in [0.25, 0.3) is 0 Å². The fourth-order valence-electron chi connectivity index (χ4n) is 4.10. The average Bonchev–Trinajstić information content (AvgIpc) is 2.92. The van der Waals surface area contributed by atoms with Crippen LogP contribution >= 0.6 is 0 Å². The number of aliphatic hydroxyl groups is 1. The standard InChI is InChI=1S/C29H30O7/c1-32-29-27(25(31)26-23(34-29)20-33-28(36-26)22-17-11-7-12-18-22)35-24(30)19-13-5-3-2-4-8-14-21-15-9-6-10-16-21/h6-7,9-12,15-18,23,25-29,31H,8,13-14,19-20H2,1H3/t23-,25+,26-,27-,28-,29+/m1/s1. The van der Waals surface area contributed by atoms with Crippen LogP contribution in [0.15, 0.2) is 60.7 Å². The maximum Gasteiger partial charge on any atom is 0.307 e. The zero-order valence-corrected chi connectivity index (χ0v) is 20.2. The van der Waals surface area contributed by atoms with Crippen molar-refractivity contribution in [3.8, 4) is 23.7 Å². The molecule has 2 aromatic carbocycles. The van der Waals surface area contributed by atoms with Gasteiger partial charge in [-0.05, 0) is 23.8 Å². The summed E-state index contributed by atoms with van der Waals surface area (Å²) in [7, 11) is 1.43. The van der Waals surface area contributed by atoms with Crippen molar-refractivity contribution in [2.45, 2.75) is 62.7 Å². The quantitative estimate of drug-likeness (QED) is 0.472. The number of aryl methyl sites for hydroxylation is 1. The minimum absolute atomic E-state index is 0.0586. The van der Waals surface area contributed by atoms with E-state index >= 15 is 0 Å². The Morgan fingerprint density at radius 2 is 1.69 bits per heavy atom. The van der Waals surface area contributed by atoms with Crippen LogP contribution in [0.3, 0.4) is 0 Å². The number of carbonyl (C=O) groups excluding carboxylic acids is 1. The molecule has 0 saturated carbocycles. The number of rotatable bonds is 7. The second kappa shape index (κ2) is 13.2. The van der Waals surface area contributed by atoms with Crippen LogP contribution in [0.25, 0.3) is 0 Å². The van der Waals surface area contributed by atoms with E-state index in [1.807, 2.05) is 48.5 Å². The lowest BCUT2D eigenvalue weighted by molar-refractivity contribution is -0.358. The lowest BCUT2D eigenvalue weighted by atomic mass is 9.97. The molecule has 2 saturated heterocycles. The summed E-state index contributed by atoms with van der Waals surface area (Å²) in [6, 6.07) is 19.6. The fraction of sp³-hybridized carbons (Fsp3) is 0.414. The molecule has 1 N–H and O–H groups in total. The molecule has 0 amide bonds. The van der Waals surface area contributed by atoms with Gasteiger partial charge in [-0.15, -0.1) is 0 Å². The Bertz CT molecular complexity index is 1100. The summed E-state index contributed by atoms with van der Waals surface area (Å²) in [4.78, 5) is 12.4. The maximum absolute atomic E-state index is 12.4. The Hall–Kier alpha value is -3.17. The molecule has 2 aromatic rings. The molecule has 7 heteroatoms. The summed E-state index contributed by atoms with van der Waals surface area (Å²) in [6.45, 7) is 0.212. The molecule has 2 heterocycles. The summed E-state index contributed by atoms with van der Waals surface area (Å²) in [5, 5.41) is 11.0. The van der Waals surface area contributed by atoms with Gasteiger partial charge in [0, 0.05) is 25.5 Å².